The Kier molecular flexibility index (Phi) is 6.24. The maximum absolute atomic E-state index is 13.7. The van der Waals surface area contributed by atoms with Gasteiger partial charge in [-0.15, -0.1) is 0 Å². The number of nitrogens with two attached hydrogens (primary N) is 2. The molecule has 0 bridgehead atoms. The van der Waals surface area contributed by atoms with Gasteiger partial charge in [0.05, 0.1) is 27.7 Å². The molecule has 0 fully saturated rings. The monoisotopic (exact) mass is 496 g/mol. The van der Waals surface area contributed by atoms with Crippen molar-refractivity contribution in [2.24, 2.45) is 0 Å². The molecule has 0 aliphatic carbocycles. The van der Waals surface area contributed by atoms with Gasteiger partial charge in [-0.05, 0) is 37.6 Å². The summed E-state index contributed by atoms with van der Waals surface area (Å²) in [6, 6.07) is 10.2. The molecule has 0 spiro atoms. The normalized spacial score (nSPS) is 12.0. The highest BCUT2D eigenvalue weighted by molar-refractivity contribution is 6.35. The molecule has 5 N–H and O–H groups in total. The SMILES string of the molecule is Cc1c(C(F)F)cccc1-n1c([C@H](C)Nc2nc(N)nc(N)c2C#N)nc2cccc(Cl)c2c1=O. The molecule has 0 unspecified atom stereocenters. The van der Waals surface area contributed by atoms with Crippen molar-refractivity contribution in [2.45, 2.75) is 26.3 Å². The lowest BCUT2D eigenvalue weighted by atomic mass is 10.1. The van der Waals surface area contributed by atoms with Gasteiger partial charge in [-0.2, -0.15) is 15.2 Å². The first-order valence-corrected chi connectivity index (χ1v) is 10.7. The van der Waals surface area contributed by atoms with E-state index in [0.717, 1.165) is 0 Å². The molecule has 0 aliphatic rings. The molecule has 12 heteroatoms. The van der Waals surface area contributed by atoms with E-state index in [0.29, 0.717) is 5.52 Å². The zero-order valence-corrected chi connectivity index (χ0v) is 19.3. The fourth-order valence-electron chi connectivity index (χ4n) is 3.83. The zero-order chi connectivity index (χ0) is 25.4. The van der Waals surface area contributed by atoms with Gasteiger partial charge >= 0.3 is 0 Å². The number of hydrogen-bond donors (Lipinski definition) is 3. The van der Waals surface area contributed by atoms with Gasteiger partial charge in [0.15, 0.2) is 5.82 Å². The molecule has 4 rings (SSSR count). The van der Waals surface area contributed by atoms with Crippen LogP contribution in [0.2, 0.25) is 5.02 Å². The van der Waals surface area contributed by atoms with Crippen LogP contribution in [0.15, 0.2) is 41.2 Å². The van der Waals surface area contributed by atoms with Crippen LogP contribution in [-0.4, -0.2) is 19.5 Å². The molecule has 0 saturated heterocycles. The molecule has 0 aliphatic heterocycles. The van der Waals surface area contributed by atoms with E-state index in [1.165, 1.54) is 23.6 Å². The number of nitrogens with one attached hydrogen (secondary N) is 1. The third kappa shape index (κ3) is 4.20. The third-order valence-electron chi connectivity index (χ3n) is 5.50. The van der Waals surface area contributed by atoms with Crippen LogP contribution in [0, 0.1) is 18.3 Å². The Labute approximate surface area is 203 Å². The number of benzene rings is 2. The predicted octanol–water partition coefficient (Wildman–Crippen LogP) is 4.28. The van der Waals surface area contributed by atoms with E-state index < -0.39 is 18.0 Å². The van der Waals surface area contributed by atoms with Gasteiger partial charge in [0.1, 0.15) is 23.3 Å². The molecule has 0 amide bonds. The van der Waals surface area contributed by atoms with Crippen molar-refractivity contribution >= 4 is 40.1 Å². The van der Waals surface area contributed by atoms with Gasteiger partial charge < -0.3 is 16.8 Å². The Balaban J connectivity index is 2.00. The van der Waals surface area contributed by atoms with Crippen molar-refractivity contribution in [3.63, 3.8) is 0 Å². The number of rotatable bonds is 5. The van der Waals surface area contributed by atoms with Crippen LogP contribution in [0.1, 0.15) is 41.9 Å². The molecule has 0 radical (unpaired) electrons. The maximum atomic E-state index is 13.7. The van der Waals surface area contributed by atoms with Crippen molar-refractivity contribution in [1.29, 1.82) is 5.26 Å². The second kappa shape index (κ2) is 9.15. The van der Waals surface area contributed by atoms with Crippen LogP contribution in [0.4, 0.5) is 26.4 Å². The van der Waals surface area contributed by atoms with Gasteiger partial charge in [0.25, 0.3) is 12.0 Å². The lowest BCUT2D eigenvalue weighted by Crippen LogP contribution is -2.28. The van der Waals surface area contributed by atoms with Crippen molar-refractivity contribution in [2.75, 3.05) is 16.8 Å². The van der Waals surface area contributed by atoms with Gasteiger partial charge in [0.2, 0.25) is 5.95 Å². The van der Waals surface area contributed by atoms with Crippen LogP contribution in [-0.2, 0) is 0 Å². The minimum Gasteiger partial charge on any atom is -0.382 e. The summed E-state index contributed by atoms with van der Waals surface area (Å²) in [5.74, 6) is -0.0767. The maximum Gasteiger partial charge on any atom is 0.267 e. The Bertz CT molecular complexity index is 1560. The minimum absolute atomic E-state index is 0.0371. The molecular weight excluding hydrogens is 478 g/mol. The number of aromatic nitrogens is 4. The molecule has 2 aromatic carbocycles. The Morgan fingerprint density at radius 1 is 1.14 bits per heavy atom. The average molecular weight is 497 g/mol. The van der Waals surface area contributed by atoms with E-state index in [4.69, 9.17) is 23.1 Å². The van der Waals surface area contributed by atoms with E-state index in [-0.39, 0.29) is 56.2 Å². The summed E-state index contributed by atoms with van der Waals surface area (Å²) in [4.78, 5) is 26.1. The fourth-order valence-corrected chi connectivity index (χ4v) is 4.08. The number of halogens is 3. The highest BCUT2D eigenvalue weighted by Crippen LogP contribution is 2.30. The van der Waals surface area contributed by atoms with E-state index in [9.17, 15) is 18.8 Å². The van der Waals surface area contributed by atoms with Crippen molar-refractivity contribution < 1.29 is 8.78 Å². The quantitative estimate of drug-likeness (QED) is 0.370. The van der Waals surface area contributed by atoms with E-state index in [1.807, 2.05) is 6.07 Å². The van der Waals surface area contributed by atoms with Crippen molar-refractivity contribution in [3.8, 4) is 11.8 Å². The van der Waals surface area contributed by atoms with Crippen molar-refractivity contribution in [3.05, 3.63) is 74.3 Å². The van der Waals surface area contributed by atoms with Crippen LogP contribution in [0.3, 0.4) is 0 Å². The molecule has 2 aromatic heterocycles. The highest BCUT2D eigenvalue weighted by Gasteiger charge is 2.24. The first kappa shape index (κ1) is 23.8. The number of nitriles is 1. The summed E-state index contributed by atoms with van der Waals surface area (Å²) in [6.07, 6.45) is -2.74. The fraction of sp³-hybridized carbons (Fsp3) is 0.174. The first-order chi connectivity index (χ1) is 16.6. The number of fused-ring (bicyclic) bond motifs is 1. The Morgan fingerprint density at radius 3 is 2.54 bits per heavy atom. The topological polar surface area (TPSA) is 149 Å². The van der Waals surface area contributed by atoms with Crippen LogP contribution in [0.25, 0.3) is 16.6 Å². The second-order valence-electron chi connectivity index (χ2n) is 7.71. The third-order valence-corrected chi connectivity index (χ3v) is 5.82. The molecule has 9 nitrogen and oxygen atoms in total. The zero-order valence-electron chi connectivity index (χ0n) is 18.6. The van der Waals surface area contributed by atoms with E-state index in [2.05, 4.69) is 20.3 Å². The second-order valence-corrected chi connectivity index (χ2v) is 8.11. The van der Waals surface area contributed by atoms with E-state index >= 15 is 0 Å². The number of hydrogen-bond acceptors (Lipinski definition) is 8. The number of anilines is 3. The standard InChI is InChI=1S/C23H19ClF2N8O/c1-10-12(18(25)26)5-3-8-16(10)34-21(31-15-7-4-6-14(24)17(15)22(34)35)11(2)30-20-13(9-27)19(28)32-23(29)33-20/h3-8,11,18H,1-2H3,(H5,28,29,30,32,33)/t11-/m0/s1. The minimum atomic E-state index is -2.74. The summed E-state index contributed by atoms with van der Waals surface area (Å²) in [7, 11) is 0. The van der Waals surface area contributed by atoms with Crippen LogP contribution < -0.4 is 22.3 Å². The smallest absolute Gasteiger partial charge is 0.267 e. The predicted molar refractivity (Wildman–Crippen MR) is 130 cm³/mol. The molecule has 0 saturated carbocycles. The summed E-state index contributed by atoms with van der Waals surface area (Å²) in [6.45, 7) is 3.16. The summed E-state index contributed by atoms with van der Waals surface area (Å²) in [5, 5.41) is 12.8. The first-order valence-electron chi connectivity index (χ1n) is 10.3. The van der Waals surface area contributed by atoms with Crippen molar-refractivity contribution in [1.82, 2.24) is 19.5 Å². The van der Waals surface area contributed by atoms with Gasteiger partial charge in [-0.1, -0.05) is 29.8 Å². The molecule has 4 aromatic rings. The van der Waals surface area contributed by atoms with E-state index in [1.54, 1.807) is 31.2 Å². The lowest BCUT2D eigenvalue weighted by Gasteiger charge is -2.22. The van der Waals surface area contributed by atoms with Gasteiger partial charge in [0, 0.05) is 5.56 Å². The largest absolute Gasteiger partial charge is 0.382 e. The summed E-state index contributed by atoms with van der Waals surface area (Å²) in [5.41, 5.74) is 11.4. The Hall–Kier alpha value is -4.30. The Morgan fingerprint density at radius 2 is 1.86 bits per heavy atom. The number of alkyl halides is 2. The molecule has 178 valence electrons. The van der Waals surface area contributed by atoms with Crippen LogP contribution >= 0.6 is 11.6 Å². The molecular formula is C23H19ClF2N8O. The molecule has 2 heterocycles. The summed E-state index contributed by atoms with van der Waals surface area (Å²) < 4.78 is 28.5. The number of nitrogens with zero attached hydrogens (tertiary/aromatic N) is 5. The average Bonchev–Trinajstić information content (AvgIpc) is 2.79. The van der Waals surface area contributed by atoms with Gasteiger partial charge in [-0.3, -0.25) is 9.36 Å². The number of nitrogen functional groups attached to an aromatic ring is 2. The van der Waals surface area contributed by atoms with Crippen LogP contribution in [0.5, 0.6) is 0 Å². The molecule has 1 atom stereocenters. The summed E-state index contributed by atoms with van der Waals surface area (Å²) >= 11 is 6.31. The van der Waals surface area contributed by atoms with Gasteiger partial charge in [-0.25, -0.2) is 13.8 Å². The lowest BCUT2D eigenvalue weighted by molar-refractivity contribution is 0.150. The highest BCUT2D eigenvalue weighted by atomic mass is 35.5. The molecule has 35 heavy (non-hydrogen) atoms.